The second kappa shape index (κ2) is 13.4. The number of aromatic nitrogens is 1. The summed E-state index contributed by atoms with van der Waals surface area (Å²) < 4.78 is 11.1. The molecule has 0 aliphatic heterocycles. The van der Waals surface area contributed by atoms with E-state index in [4.69, 9.17) is 9.47 Å². The van der Waals surface area contributed by atoms with Crippen molar-refractivity contribution in [2.45, 2.75) is 77.9 Å². The second-order valence-electron chi connectivity index (χ2n) is 11.8. The van der Waals surface area contributed by atoms with Crippen LogP contribution in [0.2, 0.25) is 0 Å². The minimum absolute atomic E-state index is 0.134. The van der Waals surface area contributed by atoms with E-state index in [0.717, 1.165) is 16.7 Å². The Morgan fingerprint density at radius 2 is 1.62 bits per heavy atom. The first-order chi connectivity index (χ1) is 18.8. The van der Waals surface area contributed by atoms with E-state index < -0.39 is 17.3 Å². The SMILES string of the molecule is CC(C)(C)OC(=O)CC1C=C(CNC(=O)CCCN(C(=O)OC(C)(C)C)c2ccccn2)C=Cc2ccccc21. The predicted octanol–water partition coefficient (Wildman–Crippen LogP) is 6.19. The molecule has 1 aliphatic rings. The van der Waals surface area contributed by atoms with Crippen LogP contribution < -0.4 is 10.2 Å². The minimum atomic E-state index is -0.650. The fourth-order valence-corrected chi connectivity index (χ4v) is 4.27. The Morgan fingerprint density at radius 3 is 2.30 bits per heavy atom. The summed E-state index contributed by atoms with van der Waals surface area (Å²) in [6, 6.07) is 13.3. The van der Waals surface area contributed by atoms with Gasteiger partial charge in [-0.3, -0.25) is 14.5 Å². The number of benzene rings is 1. The van der Waals surface area contributed by atoms with Crippen LogP contribution in [0.25, 0.3) is 6.08 Å². The van der Waals surface area contributed by atoms with Crippen LogP contribution in [0, 0.1) is 0 Å². The molecule has 1 aliphatic carbocycles. The molecule has 1 unspecified atom stereocenters. The fourth-order valence-electron chi connectivity index (χ4n) is 4.27. The highest BCUT2D eigenvalue weighted by atomic mass is 16.6. The average molecular weight is 548 g/mol. The molecule has 1 aromatic carbocycles. The van der Waals surface area contributed by atoms with Gasteiger partial charge in [0.2, 0.25) is 5.91 Å². The maximum Gasteiger partial charge on any atom is 0.416 e. The third kappa shape index (κ3) is 9.98. The first-order valence-electron chi connectivity index (χ1n) is 13.7. The summed E-state index contributed by atoms with van der Waals surface area (Å²) in [7, 11) is 0. The van der Waals surface area contributed by atoms with E-state index in [-0.39, 0.29) is 37.2 Å². The van der Waals surface area contributed by atoms with Crippen molar-refractivity contribution in [1.29, 1.82) is 0 Å². The van der Waals surface area contributed by atoms with Crippen LogP contribution in [-0.2, 0) is 19.1 Å². The monoisotopic (exact) mass is 547 g/mol. The number of carbonyl (C=O) groups excluding carboxylic acids is 3. The Kier molecular flexibility index (Phi) is 10.3. The quantitative estimate of drug-likeness (QED) is 0.376. The van der Waals surface area contributed by atoms with Gasteiger partial charge < -0.3 is 14.8 Å². The van der Waals surface area contributed by atoms with Crippen LogP contribution in [0.1, 0.15) is 77.8 Å². The first kappa shape index (κ1) is 30.6. The molecular weight excluding hydrogens is 506 g/mol. The molecule has 0 radical (unpaired) electrons. The molecule has 1 N–H and O–H groups in total. The molecule has 1 aromatic heterocycles. The van der Waals surface area contributed by atoms with Crippen molar-refractivity contribution in [2.24, 2.45) is 0 Å². The molecular formula is C32H41N3O5. The Morgan fingerprint density at radius 1 is 0.925 bits per heavy atom. The van der Waals surface area contributed by atoms with Crippen LogP contribution in [0.15, 0.2) is 66.4 Å². The summed E-state index contributed by atoms with van der Waals surface area (Å²) in [4.78, 5) is 43.9. The zero-order chi connectivity index (χ0) is 29.3. The molecule has 1 atom stereocenters. The number of anilines is 1. The summed E-state index contributed by atoms with van der Waals surface area (Å²) in [6.45, 7) is 11.6. The molecule has 0 fully saturated rings. The van der Waals surface area contributed by atoms with Crippen LogP contribution in [0.4, 0.5) is 10.6 Å². The van der Waals surface area contributed by atoms with E-state index in [1.807, 2.05) is 84.0 Å². The van der Waals surface area contributed by atoms with Crippen LogP contribution >= 0.6 is 0 Å². The molecule has 0 saturated heterocycles. The van der Waals surface area contributed by atoms with Crippen molar-refractivity contribution in [1.82, 2.24) is 10.3 Å². The third-order valence-corrected chi connectivity index (χ3v) is 5.91. The third-order valence-electron chi connectivity index (χ3n) is 5.91. The van der Waals surface area contributed by atoms with Gasteiger partial charge in [0.15, 0.2) is 0 Å². The molecule has 1 heterocycles. The van der Waals surface area contributed by atoms with Gasteiger partial charge in [0, 0.05) is 31.6 Å². The van der Waals surface area contributed by atoms with Gasteiger partial charge in [0.25, 0.3) is 0 Å². The molecule has 40 heavy (non-hydrogen) atoms. The standard InChI is InChI=1S/C32H41N3O5/c1-31(2,3)39-29(37)21-25-20-23(16-17-24-12-7-8-13-26(24)25)22-34-28(36)15-11-19-35(27-14-9-10-18-33-27)30(38)40-32(4,5)6/h7-10,12-14,16-18,20,25H,11,15,19,21-22H2,1-6H3,(H,34,36). The lowest BCUT2D eigenvalue weighted by Crippen LogP contribution is -2.38. The normalized spacial score (nSPS) is 14.8. The van der Waals surface area contributed by atoms with E-state index in [2.05, 4.69) is 10.3 Å². The number of nitrogens with zero attached hydrogens (tertiary/aromatic N) is 2. The number of nitrogens with one attached hydrogen (secondary N) is 1. The lowest BCUT2D eigenvalue weighted by atomic mass is 9.91. The fraction of sp³-hybridized carbons (Fsp3) is 0.438. The smallest absolute Gasteiger partial charge is 0.416 e. The van der Waals surface area contributed by atoms with Gasteiger partial charge in [0.1, 0.15) is 17.0 Å². The largest absolute Gasteiger partial charge is 0.460 e. The number of hydrogen-bond donors (Lipinski definition) is 1. The van der Waals surface area contributed by atoms with Gasteiger partial charge in [-0.05, 0) is 76.8 Å². The highest BCUT2D eigenvalue weighted by Crippen LogP contribution is 2.31. The molecule has 214 valence electrons. The molecule has 8 nitrogen and oxygen atoms in total. The number of amides is 2. The van der Waals surface area contributed by atoms with E-state index in [9.17, 15) is 14.4 Å². The number of carbonyl (C=O) groups is 3. The summed E-state index contributed by atoms with van der Waals surface area (Å²) in [5.41, 5.74) is 1.77. The Bertz CT molecular complexity index is 1240. The van der Waals surface area contributed by atoms with Gasteiger partial charge in [-0.15, -0.1) is 0 Å². The predicted molar refractivity (Wildman–Crippen MR) is 157 cm³/mol. The van der Waals surface area contributed by atoms with E-state index in [1.165, 1.54) is 4.90 Å². The van der Waals surface area contributed by atoms with E-state index in [1.54, 1.807) is 24.4 Å². The van der Waals surface area contributed by atoms with Crippen molar-refractivity contribution < 1.29 is 23.9 Å². The maximum absolute atomic E-state index is 12.8. The number of allylic oxidation sites excluding steroid dienone is 1. The molecule has 8 heteroatoms. The molecule has 0 bridgehead atoms. The highest BCUT2D eigenvalue weighted by Gasteiger charge is 2.25. The number of ether oxygens (including phenoxy) is 2. The maximum atomic E-state index is 12.8. The minimum Gasteiger partial charge on any atom is -0.460 e. The van der Waals surface area contributed by atoms with Crippen molar-refractivity contribution >= 4 is 29.9 Å². The van der Waals surface area contributed by atoms with Crippen LogP contribution in [0.3, 0.4) is 0 Å². The van der Waals surface area contributed by atoms with Gasteiger partial charge in [-0.2, -0.15) is 0 Å². The second-order valence-corrected chi connectivity index (χ2v) is 11.8. The lowest BCUT2D eigenvalue weighted by molar-refractivity contribution is -0.155. The van der Waals surface area contributed by atoms with Crippen molar-refractivity contribution in [3.05, 3.63) is 77.5 Å². The molecule has 3 rings (SSSR count). The molecule has 2 amide bonds. The zero-order valence-electron chi connectivity index (χ0n) is 24.4. The summed E-state index contributed by atoms with van der Waals surface area (Å²) >= 11 is 0. The number of esters is 1. The van der Waals surface area contributed by atoms with Gasteiger partial charge in [-0.25, -0.2) is 9.78 Å². The van der Waals surface area contributed by atoms with Gasteiger partial charge in [-0.1, -0.05) is 48.6 Å². The molecule has 0 spiro atoms. The number of pyridine rings is 1. The van der Waals surface area contributed by atoms with E-state index >= 15 is 0 Å². The summed E-state index contributed by atoms with van der Waals surface area (Å²) in [6.07, 6.45) is 7.98. The number of rotatable bonds is 9. The summed E-state index contributed by atoms with van der Waals surface area (Å²) in [5.74, 6) is -0.101. The van der Waals surface area contributed by atoms with Crippen molar-refractivity contribution in [3.8, 4) is 0 Å². The first-order valence-corrected chi connectivity index (χ1v) is 13.7. The molecule has 0 saturated carbocycles. The van der Waals surface area contributed by atoms with Gasteiger partial charge >= 0.3 is 12.1 Å². The zero-order valence-corrected chi connectivity index (χ0v) is 24.4. The van der Waals surface area contributed by atoms with Gasteiger partial charge in [0.05, 0.1) is 6.42 Å². The number of fused-ring (bicyclic) bond motifs is 1. The lowest BCUT2D eigenvalue weighted by Gasteiger charge is -2.26. The Balaban J connectivity index is 1.61. The van der Waals surface area contributed by atoms with Crippen LogP contribution in [-0.4, -0.2) is 47.2 Å². The summed E-state index contributed by atoms with van der Waals surface area (Å²) in [5, 5.41) is 2.98. The Hall–Kier alpha value is -3.94. The Labute approximate surface area is 237 Å². The van der Waals surface area contributed by atoms with E-state index in [0.29, 0.717) is 18.8 Å². The highest BCUT2D eigenvalue weighted by molar-refractivity contribution is 5.86. The average Bonchev–Trinajstić information content (AvgIpc) is 3.03. The van der Waals surface area contributed by atoms with Crippen molar-refractivity contribution in [3.63, 3.8) is 0 Å². The molecule has 2 aromatic rings. The van der Waals surface area contributed by atoms with Crippen molar-refractivity contribution in [2.75, 3.05) is 18.0 Å². The number of hydrogen-bond acceptors (Lipinski definition) is 6. The topological polar surface area (TPSA) is 97.8 Å². The van der Waals surface area contributed by atoms with Crippen LogP contribution in [0.5, 0.6) is 0 Å².